The molecule has 1 aliphatic heterocycles. The van der Waals surface area contributed by atoms with Gasteiger partial charge in [0.1, 0.15) is 11.8 Å². The Morgan fingerprint density at radius 2 is 2.06 bits per heavy atom. The van der Waals surface area contributed by atoms with E-state index in [1.165, 1.54) is 5.57 Å². The minimum atomic E-state index is -0.706. The first-order valence-electron chi connectivity index (χ1n) is 12.0. The van der Waals surface area contributed by atoms with Gasteiger partial charge in [0, 0.05) is 55.1 Å². The molecule has 0 spiro atoms. The molecule has 1 fully saturated rings. The van der Waals surface area contributed by atoms with Crippen molar-refractivity contribution in [2.24, 2.45) is 17.8 Å². The minimum absolute atomic E-state index is 0.0191. The van der Waals surface area contributed by atoms with Gasteiger partial charge in [-0.2, -0.15) is 0 Å². The fraction of sp³-hybridized carbons (Fsp3) is 0.538. The lowest BCUT2D eigenvalue weighted by Gasteiger charge is -2.39. The maximum Gasteiger partial charge on any atom is 0.190 e. The van der Waals surface area contributed by atoms with Crippen molar-refractivity contribution in [1.29, 1.82) is 0 Å². The Morgan fingerprint density at radius 1 is 1.22 bits per heavy atom. The van der Waals surface area contributed by atoms with E-state index in [-0.39, 0.29) is 11.3 Å². The van der Waals surface area contributed by atoms with E-state index in [0.29, 0.717) is 29.7 Å². The second-order valence-electron chi connectivity index (χ2n) is 9.99. The molecular weight excluding hydrogens is 403 g/mol. The summed E-state index contributed by atoms with van der Waals surface area (Å²) in [5.41, 5.74) is 3.23. The number of likely N-dealkylation sites (tertiary alicyclic amines) is 1. The quantitative estimate of drug-likeness (QED) is 0.580. The summed E-state index contributed by atoms with van der Waals surface area (Å²) in [5, 5.41) is 1.68. The molecule has 5 atom stereocenters. The largest absolute Gasteiger partial charge is 0.346 e. The Kier molecular flexibility index (Phi) is 5.66. The van der Waals surface area contributed by atoms with Crippen molar-refractivity contribution in [3.8, 4) is 0 Å². The van der Waals surface area contributed by atoms with Crippen LogP contribution in [-0.4, -0.2) is 45.2 Å². The zero-order valence-electron chi connectivity index (χ0n) is 19.2. The number of aromatic amines is 1. The summed E-state index contributed by atoms with van der Waals surface area (Å²) in [5.74, 6) is 0.873. The molecule has 0 amide bonds. The number of halogens is 1. The highest BCUT2D eigenvalue weighted by Gasteiger charge is 2.30. The summed E-state index contributed by atoms with van der Waals surface area (Å²) in [4.78, 5) is 22.7. The van der Waals surface area contributed by atoms with Crippen LogP contribution in [0.5, 0.6) is 0 Å². The fourth-order valence-corrected chi connectivity index (χ4v) is 5.65. The van der Waals surface area contributed by atoms with Gasteiger partial charge in [0.05, 0.1) is 10.9 Å². The first kappa shape index (κ1) is 21.4. The van der Waals surface area contributed by atoms with Crippen LogP contribution in [0.15, 0.2) is 47.2 Å². The number of piperidine rings is 1. The molecule has 1 N–H and O–H groups in total. The second-order valence-corrected chi connectivity index (χ2v) is 9.99. The van der Waals surface area contributed by atoms with Crippen molar-refractivity contribution in [2.75, 3.05) is 19.6 Å². The van der Waals surface area contributed by atoms with Gasteiger partial charge in [-0.1, -0.05) is 32.4 Å². The Bertz CT molecular complexity index is 1210. The third-order valence-corrected chi connectivity index (χ3v) is 7.80. The molecule has 1 saturated heterocycles. The average Bonchev–Trinajstić information content (AvgIpc) is 3.26. The van der Waals surface area contributed by atoms with Crippen LogP contribution in [0, 0.1) is 17.8 Å². The zero-order valence-corrected chi connectivity index (χ0v) is 19.2. The third-order valence-electron chi connectivity index (χ3n) is 7.80. The van der Waals surface area contributed by atoms with E-state index >= 15 is 0 Å². The van der Waals surface area contributed by atoms with Crippen molar-refractivity contribution in [1.82, 2.24) is 19.4 Å². The van der Waals surface area contributed by atoms with Gasteiger partial charge in [0.2, 0.25) is 0 Å². The molecule has 0 radical (unpaired) electrons. The molecule has 32 heavy (non-hydrogen) atoms. The van der Waals surface area contributed by atoms with E-state index < -0.39 is 6.17 Å². The zero-order chi connectivity index (χ0) is 22.4. The van der Waals surface area contributed by atoms with Crippen LogP contribution in [0.1, 0.15) is 46.1 Å². The van der Waals surface area contributed by atoms with Gasteiger partial charge in [0.15, 0.2) is 5.43 Å². The van der Waals surface area contributed by atoms with Crippen LogP contribution >= 0.6 is 0 Å². The number of H-pyrrole nitrogens is 1. The number of allylic oxidation sites excluding steroid dienone is 1. The van der Waals surface area contributed by atoms with Crippen LogP contribution in [0.3, 0.4) is 0 Å². The van der Waals surface area contributed by atoms with Gasteiger partial charge in [-0.05, 0) is 43.7 Å². The maximum atomic E-state index is 14.0. The van der Waals surface area contributed by atoms with Crippen molar-refractivity contribution in [2.45, 2.75) is 52.2 Å². The minimum Gasteiger partial charge on any atom is -0.346 e. The number of nitrogens with one attached hydrogen (secondary N) is 1. The van der Waals surface area contributed by atoms with E-state index in [2.05, 4.69) is 39.4 Å². The van der Waals surface area contributed by atoms with E-state index in [1.807, 2.05) is 25.4 Å². The van der Waals surface area contributed by atoms with Crippen molar-refractivity contribution < 1.29 is 4.39 Å². The van der Waals surface area contributed by atoms with Crippen LogP contribution in [0.4, 0.5) is 4.39 Å². The van der Waals surface area contributed by atoms with Gasteiger partial charge in [-0.25, -0.2) is 9.37 Å². The topological polar surface area (TPSA) is 53.9 Å². The highest BCUT2D eigenvalue weighted by Crippen LogP contribution is 2.34. The monoisotopic (exact) mass is 436 g/mol. The number of alkyl halides is 1. The highest BCUT2D eigenvalue weighted by molar-refractivity contribution is 6.02. The van der Waals surface area contributed by atoms with Crippen LogP contribution in [-0.2, 0) is 0 Å². The average molecular weight is 437 g/mol. The number of rotatable bonds is 4. The molecule has 1 aliphatic carbocycles. The molecule has 2 aliphatic rings. The van der Waals surface area contributed by atoms with Gasteiger partial charge in [-0.15, -0.1) is 0 Å². The Morgan fingerprint density at radius 3 is 2.91 bits per heavy atom. The smallest absolute Gasteiger partial charge is 0.190 e. The Hall–Kier alpha value is -2.47. The van der Waals surface area contributed by atoms with Crippen LogP contribution in [0.25, 0.3) is 21.9 Å². The van der Waals surface area contributed by atoms with Gasteiger partial charge in [0.25, 0.3) is 0 Å². The molecular formula is C26H33FN4O. The number of aromatic nitrogens is 3. The third kappa shape index (κ3) is 3.79. The van der Waals surface area contributed by atoms with Crippen molar-refractivity contribution in [3.05, 3.63) is 52.6 Å². The Labute approximate surface area is 188 Å². The number of hydrogen-bond donors (Lipinski definition) is 1. The lowest BCUT2D eigenvalue weighted by molar-refractivity contribution is 0.134. The lowest BCUT2D eigenvalue weighted by atomic mass is 9.81. The predicted octanol–water partition coefficient (Wildman–Crippen LogP) is 5.09. The predicted molar refractivity (Wildman–Crippen MR) is 128 cm³/mol. The molecule has 6 heteroatoms. The maximum absolute atomic E-state index is 14.0. The van der Waals surface area contributed by atoms with E-state index in [4.69, 9.17) is 0 Å². The normalized spacial score (nSPS) is 29.5. The number of hydrogen-bond acceptors (Lipinski definition) is 3. The second kappa shape index (κ2) is 8.47. The first-order chi connectivity index (χ1) is 15.4. The van der Waals surface area contributed by atoms with Crippen LogP contribution < -0.4 is 5.43 Å². The first-order valence-corrected chi connectivity index (χ1v) is 12.0. The molecule has 4 heterocycles. The molecule has 0 saturated carbocycles. The standard InChI is InChI=1S/C26H33FN4O/c1-16-5-9-30(10-6-19-12-18(3)22(27)13-17(19)2)15-23(16)31-11-7-24(32)21-14-29-26-20(25(21)31)4-8-28-26/h4,7-8,11-12,14,16-18,22-23H,5-6,9-10,13,15H2,1-3H3,(H,28,29)/t16-,17?,18?,22?,23+/m1/s1. The van der Waals surface area contributed by atoms with Gasteiger partial charge >= 0.3 is 0 Å². The molecule has 5 nitrogen and oxygen atoms in total. The van der Waals surface area contributed by atoms with E-state index in [1.54, 1.807) is 12.3 Å². The van der Waals surface area contributed by atoms with Crippen molar-refractivity contribution >= 4 is 21.9 Å². The molecule has 3 aromatic rings. The summed E-state index contributed by atoms with van der Waals surface area (Å²) in [6, 6.07) is 3.98. The molecule has 0 aromatic carbocycles. The van der Waals surface area contributed by atoms with E-state index in [9.17, 15) is 9.18 Å². The number of nitrogens with zero attached hydrogens (tertiary/aromatic N) is 3. The summed E-state index contributed by atoms with van der Waals surface area (Å²) < 4.78 is 16.3. The number of fused-ring (bicyclic) bond motifs is 3. The van der Waals surface area contributed by atoms with Gasteiger partial charge in [-0.3, -0.25) is 4.79 Å². The summed E-state index contributed by atoms with van der Waals surface area (Å²) in [6.07, 6.45) is 9.81. The highest BCUT2D eigenvalue weighted by atomic mass is 19.1. The summed E-state index contributed by atoms with van der Waals surface area (Å²) in [7, 11) is 0. The molecule has 170 valence electrons. The summed E-state index contributed by atoms with van der Waals surface area (Å²) in [6.45, 7) is 9.51. The Balaban J connectivity index is 1.42. The molecule has 3 unspecified atom stereocenters. The van der Waals surface area contributed by atoms with Crippen LogP contribution in [0.2, 0.25) is 0 Å². The summed E-state index contributed by atoms with van der Waals surface area (Å²) >= 11 is 0. The lowest BCUT2D eigenvalue weighted by Crippen LogP contribution is -2.41. The molecule has 3 aromatic heterocycles. The van der Waals surface area contributed by atoms with Gasteiger partial charge < -0.3 is 14.5 Å². The van der Waals surface area contributed by atoms with E-state index in [0.717, 1.165) is 49.0 Å². The SMILES string of the molecule is CC1CC(F)C(C)C=C1CCN1CC[C@@H](C)[C@@H](n2ccc(=O)c3cnc4[nH]ccc4c32)C1. The molecule has 5 rings (SSSR count). The molecule has 0 bridgehead atoms. The van der Waals surface area contributed by atoms with Crippen molar-refractivity contribution in [3.63, 3.8) is 0 Å². The number of pyridine rings is 2. The fourth-order valence-electron chi connectivity index (χ4n) is 5.65.